The molecule has 0 radical (unpaired) electrons. The lowest BCUT2D eigenvalue weighted by Gasteiger charge is -2.22. The summed E-state index contributed by atoms with van der Waals surface area (Å²) in [6.07, 6.45) is 9.60. The highest BCUT2D eigenvalue weighted by Crippen LogP contribution is 2.12. The van der Waals surface area contributed by atoms with Crippen LogP contribution in [0.25, 0.3) is 6.08 Å². The Morgan fingerprint density at radius 1 is 1.00 bits per heavy atom. The quantitative estimate of drug-likeness (QED) is 0.373. The molecule has 0 saturated heterocycles. The van der Waals surface area contributed by atoms with Crippen molar-refractivity contribution in [2.75, 3.05) is 33.3 Å². The molecule has 0 heterocycles. The molecule has 1 N–H and O–H groups in total. The summed E-state index contributed by atoms with van der Waals surface area (Å²) in [4.78, 5) is 14.6. The molecule has 0 saturated carbocycles. The topological polar surface area (TPSA) is 41.6 Å². The SMILES string of the molecule is CCCCCN(CCCNC(=O)C/C=C/c1ccc(F)cc1)CCc1ccc(OC)cc1. The van der Waals surface area contributed by atoms with E-state index in [4.69, 9.17) is 4.74 Å². The van der Waals surface area contributed by atoms with Crippen molar-refractivity contribution < 1.29 is 13.9 Å². The lowest BCUT2D eigenvalue weighted by atomic mass is 10.1. The summed E-state index contributed by atoms with van der Waals surface area (Å²) < 4.78 is 18.2. The third kappa shape index (κ3) is 10.6. The minimum absolute atomic E-state index is 0.0131. The zero-order valence-corrected chi connectivity index (χ0v) is 19.5. The fourth-order valence-corrected chi connectivity index (χ4v) is 3.48. The van der Waals surface area contributed by atoms with Crippen molar-refractivity contribution in [1.82, 2.24) is 10.2 Å². The van der Waals surface area contributed by atoms with Gasteiger partial charge in [0, 0.05) is 19.5 Å². The Kier molecular flexibility index (Phi) is 12.2. The summed E-state index contributed by atoms with van der Waals surface area (Å²) in [7, 11) is 1.69. The van der Waals surface area contributed by atoms with Gasteiger partial charge in [-0.3, -0.25) is 4.79 Å². The molecule has 0 bridgehead atoms. The van der Waals surface area contributed by atoms with Crippen LogP contribution in [0.3, 0.4) is 0 Å². The van der Waals surface area contributed by atoms with Crippen LogP contribution in [-0.2, 0) is 11.2 Å². The molecule has 0 fully saturated rings. The van der Waals surface area contributed by atoms with E-state index in [1.807, 2.05) is 24.3 Å². The fraction of sp³-hybridized carbons (Fsp3) is 0.444. The number of methoxy groups -OCH3 is 1. The van der Waals surface area contributed by atoms with Gasteiger partial charge in [-0.1, -0.05) is 56.2 Å². The highest BCUT2D eigenvalue weighted by molar-refractivity contribution is 5.78. The van der Waals surface area contributed by atoms with Crippen LogP contribution in [0.15, 0.2) is 54.6 Å². The molecule has 2 rings (SSSR count). The lowest BCUT2D eigenvalue weighted by Crippen LogP contribution is -2.32. The molecule has 2 aromatic rings. The summed E-state index contributed by atoms with van der Waals surface area (Å²) in [6, 6.07) is 14.5. The number of amides is 1. The molecular weight excluding hydrogens is 403 g/mol. The highest BCUT2D eigenvalue weighted by atomic mass is 19.1. The van der Waals surface area contributed by atoms with Crippen LogP contribution in [0.1, 0.15) is 50.2 Å². The third-order valence-electron chi connectivity index (χ3n) is 5.41. The number of nitrogens with one attached hydrogen (secondary N) is 1. The van der Waals surface area contributed by atoms with Gasteiger partial charge >= 0.3 is 0 Å². The first-order valence-corrected chi connectivity index (χ1v) is 11.6. The second-order valence-corrected chi connectivity index (χ2v) is 8.01. The van der Waals surface area contributed by atoms with Crippen molar-refractivity contribution in [3.05, 3.63) is 71.6 Å². The van der Waals surface area contributed by atoms with Gasteiger partial charge in [0.25, 0.3) is 0 Å². The minimum atomic E-state index is -0.257. The van der Waals surface area contributed by atoms with Crippen molar-refractivity contribution in [2.45, 2.75) is 45.4 Å². The maximum absolute atomic E-state index is 12.9. The molecule has 0 atom stereocenters. The molecule has 0 aliphatic carbocycles. The van der Waals surface area contributed by atoms with Gasteiger partial charge in [-0.15, -0.1) is 0 Å². The van der Waals surface area contributed by atoms with Gasteiger partial charge in [0.15, 0.2) is 0 Å². The third-order valence-corrected chi connectivity index (χ3v) is 5.41. The van der Waals surface area contributed by atoms with Crippen molar-refractivity contribution in [2.24, 2.45) is 0 Å². The number of halogens is 1. The molecular formula is C27H37FN2O2. The molecule has 0 aliphatic heterocycles. The first kappa shape index (κ1) is 25.6. The standard InChI is InChI=1S/C27H37FN2O2/c1-3-4-5-20-30(22-18-24-12-16-26(32-2)17-13-24)21-7-19-29-27(31)9-6-8-23-10-14-25(28)15-11-23/h6,8,10-17H,3-5,7,9,18-22H2,1-2H3,(H,29,31)/b8-6+. The number of unbranched alkanes of at least 4 members (excludes halogenated alkanes) is 2. The number of hydrogen-bond acceptors (Lipinski definition) is 3. The molecule has 5 heteroatoms. The Labute approximate surface area is 192 Å². The van der Waals surface area contributed by atoms with Crippen LogP contribution in [0.2, 0.25) is 0 Å². The molecule has 4 nitrogen and oxygen atoms in total. The number of carbonyl (C=O) groups is 1. The number of rotatable bonds is 15. The van der Waals surface area contributed by atoms with Crippen molar-refractivity contribution in [1.29, 1.82) is 0 Å². The summed E-state index contributed by atoms with van der Waals surface area (Å²) in [6.45, 7) is 5.99. The van der Waals surface area contributed by atoms with Crippen LogP contribution in [-0.4, -0.2) is 44.1 Å². The highest BCUT2D eigenvalue weighted by Gasteiger charge is 2.06. The fourth-order valence-electron chi connectivity index (χ4n) is 3.48. The molecule has 0 unspecified atom stereocenters. The molecule has 0 aliphatic rings. The van der Waals surface area contributed by atoms with Crippen LogP contribution >= 0.6 is 0 Å². The van der Waals surface area contributed by atoms with E-state index in [0.29, 0.717) is 13.0 Å². The molecule has 1 amide bonds. The monoisotopic (exact) mass is 440 g/mol. The average Bonchev–Trinajstić information content (AvgIpc) is 2.81. The van der Waals surface area contributed by atoms with Gasteiger partial charge in [0.05, 0.1) is 7.11 Å². The van der Waals surface area contributed by atoms with Crippen LogP contribution in [0, 0.1) is 5.82 Å². The zero-order valence-electron chi connectivity index (χ0n) is 19.5. The molecule has 2 aromatic carbocycles. The van der Waals surface area contributed by atoms with E-state index in [9.17, 15) is 9.18 Å². The smallest absolute Gasteiger partial charge is 0.223 e. The van der Waals surface area contributed by atoms with E-state index in [0.717, 1.165) is 43.8 Å². The first-order chi connectivity index (χ1) is 15.6. The first-order valence-electron chi connectivity index (χ1n) is 11.6. The number of hydrogen-bond donors (Lipinski definition) is 1. The Bertz CT molecular complexity index is 803. The van der Waals surface area contributed by atoms with Crippen molar-refractivity contribution in [3.63, 3.8) is 0 Å². The number of benzene rings is 2. The van der Waals surface area contributed by atoms with Crippen molar-refractivity contribution >= 4 is 12.0 Å². The summed E-state index contributed by atoms with van der Waals surface area (Å²) in [5, 5.41) is 3.00. The van der Waals surface area contributed by atoms with Crippen LogP contribution in [0.5, 0.6) is 5.75 Å². The zero-order chi connectivity index (χ0) is 23.0. The lowest BCUT2D eigenvalue weighted by molar-refractivity contribution is -0.120. The van der Waals surface area contributed by atoms with Gasteiger partial charge in [-0.25, -0.2) is 4.39 Å². The Hall–Kier alpha value is -2.66. The van der Waals surface area contributed by atoms with Crippen LogP contribution in [0.4, 0.5) is 4.39 Å². The Balaban J connectivity index is 1.68. The molecule has 0 aromatic heterocycles. The van der Waals surface area contributed by atoms with E-state index in [1.165, 1.54) is 37.0 Å². The largest absolute Gasteiger partial charge is 0.497 e. The predicted octanol–water partition coefficient (Wildman–Crippen LogP) is 5.48. The van der Waals surface area contributed by atoms with Gasteiger partial charge in [0.1, 0.15) is 11.6 Å². The average molecular weight is 441 g/mol. The van der Waals surface area contributed by atoms with Gasteiger partial charge in [-0.2, -0.15) is 0 Å². The number of carbonyl (C=O) groups excluding carboxylic acids is 1. The second-order valence-electron chi connectivity index (χ2n) is 8.01. The second kappa shape index (κ2) is 15.2. The molecule has 0 spiro atoms. The summed E-state index contributed by atoms with van der Waals surface area (Å²) >= 11 is 0. The molecule has 174 valence electrons. The predicted molar refractivity (Wildman–Crippen MR) is 130 cm³/mol. The summed E-state index contributed by atoms with van der Waals surface area (Å²) in [5.41, 5.74) is 2.20. The number of ether oxygens (including phenoxy) is 1. The van der Waals surface area contributed by atoms with Gasteiger partial charge in [0.2, 0.25) is 5.91 Å². The van der Waals surface area contributed by atoms with Crippen LogP contribution < -0.4 is 10.1 Å². The van der Waals surface area contributed by atoms with E-state index < -0.39 is 0 Å². The van der Waals surface area contributed by atoms with Gasteiger partial charge in [-0.05, 0) is 67.7 Å². The normalized spacial score (nSPS) is 11.2. The maximum Gasteiger partial charge on any atom is 0.223 e. The van der Waals surface area contributed by atoms with E-state index in [-0.39, 0.29) is 11.7 Å². The molecule has 32 heavy (non-hydrogen) atoms. The van der Waals surface area contributed by atoms with E-state index in [2.05, 4.69) is 29.3 Å². The minimum Gasteiger partial charge on any atom is -0.497 e. The Morgan fingerprint density at radius 3 is 2.41 bits per heavy atom. The number of nitrogens with zero attached hydrogens (tertiary/aromatic N) is 1. The summed E-state index contributed by atoms with van der Waals surface area (Å²) in [5.74, 6) is 0.642. The van der Waals surface area contributed by atoms with Crippen molar-refractivity contribution in [3.8, 4) is 5.75 Å². The van der Waals surface area contributed by atoms with E-state index >= 15 is 0 Å². The van der Waals surface area contributed by atoms with E-state index in [1.54, 1.807) is 19.2 Å². The Morgan fingerprint density at radius 2 is 1.72 bits per heavy atom. The maximum atomic E-state index is 12.9. The van der Waals surface area contributed by atoms with Gasteiger partial charge < -0.3 is 15.0 Å².